The number of carbonyl (C=O) groups is 1. The fraction of sp³-hybridized carbons (Fsp3) is 0.300. The van der Waals surface area contributed by atoms with Crippen molar-refractivity contribution in [3.8, 4) is 0 Å². The molecular weight excluding hydrogens is 228 g/mol. The summed E-state index contributed by atoms with van der Waals surface area (Å²) < 4.78 is 18.8. The highest BCUT2D eigenvalue weighted by Gasteiger charge is 2.31. The topological polar surface area (TPSA) is 92.8 Å². The molecule has 1 aliphatic heterocycles. The van der Waals surface area contributed by atoms with Gasteiger partial charge in [0.1, 0.15) is 11.9 Å². The Kier molecular flexibility index (Phi) is 3.14. The van der Waals surface area contributed by atoms with Crippen molar-refractivity contribution in [1.29, 1.82) is 0 Å². The number of carboxylic acid groups (broad SMARTS) is 1. The molecule has 0 unspecified atom stereocenters. The molecule has 0 saturated heterocycles. The van der Waals surface area contributed by atoms with E-state index in [4.69, 9.17) is 15.5 Å². The summed E-state index contributed by atoms with van der Waals surface area (Å²) in [6.07, 6.45) is -0.0927. The predicted octanol–water partition coefficient (Wildman–Crippen LogP) is -1.00. The molecule has 17 heavy (non-hydrogen) atoms. The van der Waals surface area contributed by atoms with E-state index >= 15 is 0 Å². The Labute approximate surface area is 97.1 Å². The lowest BCUT2D eigenvalue weighted by Gasteiger charge is -2.09. The highest BCUT2D eigenvalue weighted by atomic mass is 19.1. The van der Waals surface area contributed by atoms with Crippen LogP contribution in [-0.2, 0) is 22.5 Å². The van der Waals surface area contributed by atoms with E-state index in [-0.39, 0.29) is 24.2 Å². The molecule has 5 nitrogen and oxygen atoms in total. The molecule has 1 aromatic carbocycles. The first-order valence-electron chi connectivity index (χ1n) is 5.09. The van der Waals surface area contributed by atoms with Gasteiger partial charge in [0.2, 0.25) is 0 Å². The molecule has 4 N–H and O–H groups in total. The molecule has 0 aliphatic carbocycles. The molecule has 0 saturated carbocycles. The van der Waals surface area contributed by atoms with Crippen LogP contribution < -0.4 is 11.2 Å². The standard InChI is InChI=1S/C10H11BFNO4/c12-9-5(3-8(13)10(14)15)1-2-7-6(9)4-17-11(7)16/h1-2,8,16H,3-4,13H2,(H,14,15)/t8-/m0/s1. The van der Waals surface area contributed by atoms with Crippen LogP contribution in [0.3, 0.4) is 0 Å². The van der Waals surface area contributed by atoms with Gasteiger partial charge in [0, 0.05) is 12.0 Å². The second-order valence-electron chi connectivity index (χ2n) is 3.92. The van der Waals surface area contributed by atoms with Crippen LogP contribution in [0.15, 0.2) is 12.1 Å². The molecule has 7 heteroatoms. The number of aliphatic carboxylic acids is 1. The Bertz CT molecular complexity index is 468. The number of hydrogen-bond donors (Lipinski definition) is 3. The summed E-state index contributed by atoms with van der Waals surface area (Å²) in [7, 11) is -1.11. The van der Waals surface area contributed by atoms with Gasteiger partial charge >= 0.3 is 13.1 Å². The highest BCUT2D eigenvalue weighted by Crippen LogP contribution is 2.18. The fourth-order valence-electron chi connectivity index (χ4n) is 1.80. The van der Waals surface area contributed by atoms with Crippen molar-refractivity contribution in [3.05, 3.63) is 29.1 Å². The highest BCUT2D eigenvalue weighted by molar-refractivity contribution is 6.61. The van der Waals surface area contributed by atoms with Gasteiger partial charge in [0.25, 0.3) is 0 Å². The third kappa shape index (κ3) is 2.17. The molecule has 0 radical (unpaired) electrons. The van der Waals surface area contributed by atoms with Crippen molar-refractivity contribution in [2.24, 2.45) is 5.73 Å². The van der Waals surface area contributed by atoms with E-state index in [1.54, 1.807) is 0 Å². The summed E-state index contributed by atoms with van der Waals surface area (Å²) in [5.41, 5.74) is 6.22. The van der Waals surface area contributed by atoms with Crippen LogP contribution in [0.4, 0.5) is 4.39 Å². The summed E-state index contributed by atoms with van der Waals surface area (Å²) in [6, 6.07) is 1.81. The third-order valence-corrected chi connectivity index (χ3v) is 2.77. The van der Waals surface area contributed by atoms with E-state index in [1.807, 2.05) is 0 Å². The van der Waals surface area contributed by atoms with Crippen LogP contribution in [-0.4, -0.2) is 29.3 Å². The molecule has 0 aromatic heterocycles. The van der Waals surface area contributed by atoms with Crippen molar-refractivity contribution in [3.63, 3.8) is 0 Å². The number of fused-ring (bicyclic) bond motifs is 1. The van der Waals surface area contributed by atoms with Gasteiger partial charge in [0.15, 0.2) is 0 Å². The molecule has 1 aromatic rings. The SMILES string of the molecule is N[C@@H](Cc1ccc2c(c1F)COB2O)C(=O)O. The van der Waals surface area contributed by atoms with Crippen molar-refractivity contribution < 1.29 is 24.0 Å². The molecule has 1 heterocycles. The third-order valence-electron chi connectivity index (χ3n) is 2.77. The van der Waals surface area contributed by atoms with Gasteiger partial charge in [-0.25, -0.2) is 4.39 Å². The molecule has 0 bridgehead atoms. The number of benzene rings is 1. The average Bonchev–Trinajstić information content (AvgIpc) is 2.65. The minimum Gasteiger partial charge on any atom is -0.480 e. The Morgan fingerprint density at radius 3 is 3.00 bits per heavy atom. The monoisotopic (exact) mass is 239 g/mol. The van der Waals surface area contributed by atoms with Crippen molar-refractivity contribution in [2.45, 2.75) is 19.1 Å². The lowest BCUT2D eigenvalue weighted by atomic mass is 9.78. The van der Waals surface area contributed by atoms with Crippen LogP contribution in [0.5, 0.6) is 0 Å². The van der Waals surface area contributed by atoms with Gasteiger partial charge in [-0.2, -0.15) is 0 Å². The van der Waals surface area contributed by atoms with E-state index in [9.17, 15) is 14.2 Å². The molecule has 1 aliphatic rings. The summed E-state index contributed by atoms with van der Waals surface area (Å²) in [6.45, 7) is -0.0154. The zero-order chi connectivity index (χ0) is 12.6. The van der Waals surface area contributed by atoms with Crippen LogP contribution >= 0.6 is 0 Å². The molecule has 1 atom stereocenters. The Hall–Kier alpha value is -1.44. The fourth-order valence-corrected chi connectivity index (χ4v) is 1.80. The van der Waals surface area contributed by atoms with Gasteiger partial charge in [-0.3, -0.25) is 4.79 Å². The summed E-state index contributed by atoms with van der Waals surface area (Å²) in [4.78, 5) is 10.6. The van der Waals surface area contributed by atoms with E-state index in [1.165, 1.54) is 12.1 Å². The Morgan fingerprint density at radius 1 is 1.65 bits per heavy atom. The second-order valence-corrected chi connectivity index (χ2v) is 3.92. The van der Waals surface area contributed by atoms with Crippen molar-refractivity contribution >= 4 is 18.6 Å². The Morgan fingerprint density at radius 2 is 2.35 bits per heavy atom. The average molecular weight is 239 g/mol. The molecule has 2 rings (SSSR count). The quantitative estimate of drug-likeness (QED) is 0.588. The minimum absolute atomic E-state index is 0.0154. The minimum atomic E-state index is -1.18. The van der Waals surface area contributed by atoms with Gasteiger partial charge in [-0.1, -0.05) is 12.1 Å². The number of halogens is 1. The van der Waals surface area contributed by atoms with Crippen molar-refractivity contribution in [2.75, 3.05) is 0 Å². The van der Waals surface area contributed by atoms with E-state index in [2.05, 4.69) is 0 Å². The maximum Gasteiger partial charge on any atom is 0.491 e. The largest absolute Gasteiger partial charge is 0.491 e. The molecule has 0 fully saturated rings. The summed E-state index contributed by atoms with van der Waals surface area (Å²) in [5.74, 6) is -1.73. The van der Waals surface area contributed by atoms with Crippen molar-refractivity contribution in [1.82, 2.24) is 0 Å². The zero-order valence-electron chi connectivity index (χ0n) is 8.89. The first kappa shape index (κ1) is 12.0. The summed E-state index contributed by atoms with van der Waals surface area (Å²) >= 11 is 0. The predicted molar refractivity (Wildman–Crippen MR) is 58.1 cm³/mol. The van der Waals surface area contributed by atoms with Gasteiger partial charge in [0.05, 0.1) is 6.61 Å². The molecular formula is C10H11BFNO4. The number of rotatable bonds is 3. The van der Waals surface area contributed by atoms with E-state index < -0.39 is 24.9 Å². The number of nitrogens with two attached hydrogens (primary N) is 1. The van der Waals surface area contributed by atoms with Gasteiger partial charge in [-0.05, 0) is 11.0 Å². The smallest absolute Gasteiger partial charge is 0.480 e. The van der Waals surface area contributed by atoms with E-state index in [0.717, 1.165) is 0 Å². The first-order valence-corrected chi connectivity index (χ1v) is 5.09. The summed E-state index contributed by atoms with van der Waals surface area (Å²) in [5, 5.41) is 18.0. The molecule has 0 amide bonds. The van der Waals surface area contributed by atoms with Crippen LogP contribution in [0, 0.1) is 5.82 Å². The van der Waals surface area contributed by atoms with Gasteiger partial charge < -0.3 is 20.5 Å². The Balaban J connectivity index is 2.29. The second kappa shape index (κ2) is 4.44. The maximum atomic E-state index is 13.9. The number of carboxylic acids is 1. The lowest BCUT2D eigenvalue weighted by Crippen LogP contribution is -2.33. The van der Waals surface area contributed by atoms with Gasteiger partial charge in [-0.15, -0.1) is 0 Å². The number of hydrogen-bond acceptors (Lipinski definition) is 4. The van der Waals surface area contributed by atoms with Crippen LogP contribution in [0.25, 0.3) is 0 Å². The zero-order valence-corrected chi connectivity index (χ0v) is 8.89. The lowest BCUT2D eigenvalue weighted by molar-refractivity contribution is -0.138. The normalized spacial score (nSPS) is 15.8. The van der Waals surface area contributed by atoms with Crippen LogP contribution in [0.1, 0.15) is 11.1 Å². The first-order chi connectivity index (χ1) is 8.00. The molecule has 0 spiro atoms. The van der Waals surface area contributed by atoms with E-state index in [0.29, 0.717) is 5.46 Å². The van der Waals surface area contributed by atoms with Crippen LogP contribution in [0.2, 0.25) is 0 Å². The molecule has 90 valence electrons. The maximum absolute atomic E-state index is 13.9.